The van der Waals surface area contributed by atoms with E-state index in [1.54, 1.807) is 6.20 Å². The standard InChI is InChI=1S/C12H17N3O2/c1-8(2)11-9(6-10(16)17)7-13-12(14-11)15-4-3-5-15/h7-8H,3-6H2,1-2H3,(H,16,17). The van der Waals surface area contributed by atoms with Gasteiger partial charge in [-0.15, -0.1) is 0 Å². The Bertz CT molecular complexity index is 428. The van der Waals surface area contributed by atoms with Crippen LogP contribution in [0.4, 0.5) is 5.95 Å². The molecule has 0 aliphatic carbocycles. The number of carboxylic acids is 1. The van der Waals surface area contributed by atoms with Crippen LogP contribution in [-0.4, -0.2) is 34.1 Å². The summed E-state index contributed by atoms with van der Waals surface area (Å²) in [6, 6.07) is 0. The lowest BCUT2D eigenvalue weighted by Crippen LogP contribution is -2.38. The lowest BCUT2D eigenvalue weighted by Gasteiger charge is -2.31. The number of anilines is 1. The third kappa shape index (κ3) is 2.54. The van der Waals surface area contributed by atoms with Crippen LogP contribution in [0.25, 0.3) is 0 Å². The van der Waals surface area contributed by atoms with Gasteiger partial charge in [-0.1, -0.05) is 13.8 Å². The Labute approximate surface area is 100 Å². The highest BCUT2D eigenvalue weighted by atomic mass is 16.4. The number of carbonyl (C=O) groups is 1. The Morgan fingerprint density at radius 2 is 2.24 bits per heavy atom. The third-order valence-corrected chi connectivity index (χ3v) is 2.91. The lowest BCUT2D eigenvalue weighted by atomic mass is 10.0. The first-order valence-electron chi connectivity index (χ1n) is 5.90. The van der Waals surface area contributed by atoms with Crippen LogP contribution in [-0.2, 0) is 11.2 Å². The van der Waals surface area contributed by atoms with Crippen molar-refractivity contribution in [2.24, 2.45) is 0 Å². The fourth-order valence-corrected chi connectivity index (χ4v) is 1.88. The minimum absolute atomic E-state index is 0.00616. The molecule has 1 aliphatic heterocycles. The molecule has 0 amide bonds. The molecule has 1 fully saturated rings. The van der Waals surface area contributed by atoms with E-state index in [4.69, 9.17) is 5.11 Å². The SMILES string of the molecule is CC(C)c1nc(N2CCC2)ncc1CC(=O)O. The number of hydrogen-bond donors (Lipinski definition) is 1. The van der Waals surface area contributed by atoms with Crippen molar-refractivity contribution in [1.82, 2.24) is 9.97 Å². The second-order valence-corrected chi connectivity index (χ2v) is 4.65. The maximum atomic E-state index is 10.8. The molecule has 2 heterocycles. The summed E-state index contributed by atoms with van der Waals surface area (Å²) < 4.78 is 0. The smallest absolute Gasteiger partial charge is 0.307 e. The quantitative estimate of drug-likeness (QED) is 0.855. The Kier molecular flexibility index (Phi) is 3.26. The highest BCUT2D eigenvalue weighted by Crippen LogP contribution is 2.22. The molecule has 92 valence electrons. The van der Waals surface area contributed by atoms with Gasteiger partial charge in [-0.3, -0.25) is 4.79 Å². The molecule has 1 aromatic heterocycles. The molecular formula is C12H17N3O2. The van der Waals surface area contributed by atoms with E-state index in [0.29, 0.717) is 0 Å². The number of rotatable bonds is 4. The molecule has 1 aromatic rings. The van der Waals surface area contributed by atoms with Crippen LogP contribution in [0.3, 0.4) is 0 Å². The van der Waals surface area contributed by atoms with Gasteiger partial charge in [-0.25, -0.2) is 9.97 Å². The van der Waals surface area contributed by atoms with Gasteiger partial charge in [-0.05, 0) is 12.3 Å². The van der Waals surface area contributed by atoms with Crippen molar-refractivity contribution in [3.63, 3.8) is 0 Å². The minimum Gasteiger partial charge on any atom is -0.481 e. The lowest BCUT2D eigenvalue weighted by molar-refractivity contribution is -0.136. The first-order chi connectivity index (χ1) is 8.08. The molecule has 17 heavy (non-hydrogen) atoms. The Hall–Kier alpha value is -1.65. The van der Waals surface area contributed by atoms with Crippen molar-refractivity contribution in [2.75, 3.05) is 18.0 Å². The molecule has 1 N–H and O–H groups in total. The molecule has 1 saturated heterocycles. The van der Waals surface area contributed by atoms with Crippen molar-refractivity contribution in [2.45, 2.75) is 32.6 Å². The second kappa shape index (κ2) is 4.69. The molecular weight excluding hydrogens is 218 g/mol. The number of hydrogen-bond acceptors (Lipinski definition) is 4. The van der Waals surface area contributed by atoms with E-state index in [-0.39, 0.29) is 12.3 Å². The summed E-state index contributed by atoms with van der Waals surface area (Å²) >= 11 is 0. The maximum absolute atomic E-state index is 10.8. The zero-order valence-electron chi connectivity index (χ0n) is 10.2. The average Bonchev–Trinajstić information content (AvgIpc) is 2.16. The summed E-state index contributed by atoms with van der Waals surface area (Å²) in [6.45, 7) is 6.03. The van der Waals surface area contributed by atoms with Gasteiger partial charge < -0.3 is 10.0 Å². The number of nitrogens with zero attached hydrogens (tertiary/aromatic N) is 3. The predicted molar refractivity (Wildman–Crippen MR) is 64.3 cm³/mol. The van der Waals surface area contributed by atoms with Gasteiger partial charge in [0.15, 0.2) is 0 Å². The van der Waals surface area contributed by atoms with Crippen LogP contribution in [0.2, 0.25) is 0 Å². The number of aromatic nitrogens is 2. The van der Waals surface area contributed by atoms with E-state index in [2.05, 4.69) is 14.9 Å². The van der Waals surface area contributed by atoms with E-state index in [0.717, 1.165) is 30.3 Å². The molecule has 0 radical (unpaired) electrons. The fraction of sp³-hybridized carbons (Fsp3) is 0.583. The minimum atomic E-state index is -0.841. The average molecular weight is 235 g/mol. The maximum Gasteiger partial charge on any atom is 0.307 e. The predicted octanol–water partition coefficient (Wildman–Crippen LogP) is 1.44. The van der Waals surface area contributed by atoms with Gasteiger partial charge in [0.25, 0.3) is 0 Å². The molecule has 0 saturated carbocycles. The summed E-state index contributed by atoms with van der Waals surface area (Å²) in [6.07, 6.45) is 2.83. The second-order valence-electron chi connectivity index (χ2n) is 4.65. The van der Waals surface area contributed by atoms with Crippen LogP contribution < -0.4 is 4.90 Å². The van der Waals surface area contributed by atoms with Crippen molar-refractivity contribution in [3.05, 3.63) is 17.5 Å². The Balaban J connectivity index is 2.29. The van der Waals surface area contributed by atoms with Gasteiger partial charge in [0.05, 0.1) is 12.1 Å². The molecule has 5 nitrogen and oxygen atoms in total. The number of aliphatic carboxylic acids is 1. The summed E-state index contributed by atoms with van der Waals surface area (Å²) in [5.74, 6) is 0.105. The number of carboxylic acid groups (broad SMARTS) is 1. The van der Waals surface area contributed by atoms with Crippen molar-refractivity contribution < 1.29 is 9.90 Å². The third-order valence-electron chi connectivity index (χ3n) is 2.91. The van der Waals surface area contributed by atoms with Crippen molar-refractivity contribution in [3.8, 4) is 0 Å². The first kappa shape index (κ1) is 11.8. The van der Waals surface area contributed by atoms with Gasteiger partial charge in [-0.2, -0.15) is 0 Å². The molecule has 0 spiro atoms. The van der Waals surface area contributed by atoms with Gasteiger partial charge >= 0.3 is 5.97 Å². The molecule has 0 aromatic carbocycles. The van der Waals surface area contributed by atoms with E-state index < -0.39 is 5.97 Å². The monoisotopic (exact) mass is 235 g/mol. The van der Waals surface area contributed by atoms with Crippen LogP contribution in [0.15, 0.2) is 6.20 Å². The van der Waals surface area contributed by atoms with E-state index in [1.807, 2.05) is 13.8 Å². The first-order valence-corrected chi connectivity index (χ1v) is 5.90. The zero-order valence-corrected chi connectivity index (χ0v) is 10.2. The van der Waals surface area contributed by atoms with Gasteiger partial charge in [0, 0.05) is 24.8 Å². The zero-order chi connectivity index (χ0) is 12.4. The highest BCUT2D eigenvalue weighted by Gasteiger charge is 2.20. The van der Waals surface area contributed by atoms with Crippen LogP contribution in [0, 0.1) is 0 Å². The summed E-state index contributed by atoms with van der Waals surface area (Å²) in [4.78, 5) is 21.6. The van der Waals surface area contributed by atoms with Gasteiger partial charge in [0.2, 0.25) is 5.95 Å². The normalized spacial score (nSPS) is 14.9. The van der Waals surface area contributed by atoms with Crippen molar-refractivity contribution in [1.29, 1.82) is 0 Å². The Morgan fingerprint density at radius 1 is 1.53 bits per heavy atom. The van der Waals surface area contributed by atoms with Gasteiger partial charge in [0.1, 0.15) is 0 Å². The van der Waals surface area contributed by atoms with Crippen LogP contribution in [0.5, 0.6) is 0 Å². The molecule has 5 heteroatoms. The molecule has 0 atom stereocenters. The molecule has 0 unspecified atom stereocenters. The largest absolute Gasteiger partial charge is 0.481 e. The topological polar surface area (TPSA) is 66.3 Å². The molecule has 0 bridgehead atoms. The Morgan fingerprint density at radius 3 is 2.71 bits per heavy atom. The summed E-state index contributed by atoms with van der Waals surface area (Å²) in [5.41, 5.74) is 1.57. The van der Waals surface area contributed by atoms with E-state index >= 15 is 0 Å². The van der Waals surface area contributed by atoms with E-state index in [9.17, 15) is 4.79 Å². The van der Waals surface area contributed by atoms with Crippen LogP contribution in [0.1, 0.15) is 37.4 Å². The van der Waals surface area contributed by atoms with E-state index in [1.165, 1.54) is 6.42 Å². The molecule has 2 rings (SSSR count). The summed E-state index contributed by atoms with van der Waals surface area (Å²) in [7, 11) is 0. The molecule has 1 aliphatic rings. The summed E-state index contributed by atoms with van der Waals surface area (Å²) in [5, 5.41) is 8.84. The van der Waals surface area contributed by atoms with Crippen LogP contribution >= 0.6 is 0 Å². The fourth-order valence-electron chi connectivity index (χ4n) is 1.88. The highest BCUT2D eigenvalue weighted by molar-refractivity contribution is 5.70. The van der Waals surface area contributed by atoms with Crippen molar-refractivity contribution >= 4 is 11.9 Å².